The fraction of sp³-hybridized carbons (Fsp3) is 0.846. The second kappa shape index (κ2) is 7.99. The Kier molecular flexibility index (Phi) is 6.62. The number of nitrogens with one attached hydrogen (secondary N) is 1. The fourth-order valence-corrected chi connectivity index (χ4v) is 2.21. The average molecular weight is 271 g/mol. The highest BCUT2D eigenvalue weighted by molar-refractivity contribution is 5.74. The van der Waals surface area contributed by atoms with Gasteiger partial charge in [0, 0.05) is 38.6 Å². The van der Waals surface area contributed by atoms with Gasteiger partial charge in [0.15, 0.2) is 0 Å². The molecule has 0 aromatic rings. The van der Waals surface area contributed by atoms with E-state index in [1.165, 1.54) is 0 Å². The van der Waals surface area contributed by atoms with Crippen LogP contribution in [-0.2, 0) is 4.79 Å². The van der Waals surface area contributed by atoms with Gasteiger partial charge in [-0.3, -0.25) is 9.69 Å². The number of carboxylic acid groups (broad SMARTS) is 1. The number of aliphatic carboxylic acids is 1. The predicted molar refractivity (Wildman–Crippen MR) is 73.2 cm³/mol. The molecule has 1 rings (SSSR count). The third-order valence-corrected chi connectivity index (χ3v) is 3.36. The molecule has 2 amide bonds. The number of carbonyl (C=O) groups is 2. The Morgan fingerprint density at radius 2 is 1.89 bits per heavy atom. The van der Waals surface area contributed by atoms with Crippen LogP contribution in [0.3, 0.4) is 0 Å². The molecule has 1 saturated heterocycles. The van der Waals surface area contributed by atoms with Gasteiger partial charge in [0.2, 0.25) is 0 Å². The largest absolute Gasteiger partial charge is 0.481 e. The van der Waals surface area contributed by atoms with Crippen LogP contribution in [0.25, 0.3) is 0 Å². The molecule has 0 aromatic carbocycles. The van der Waals surface area contributed by atoms with Crippen LogP contribution in [0.15, 0.2) is 0 Å². The van der Waals surface area contributed by atoms with Crippen molar-refractivity contribution in [2.45, 2.75) is 39.2 Å². The number of hydrogen-bond donors (Lipinski definition) is 2. The number of carboxylic acids is 1. The molecule has 0 bridgehead atoms. The molecular weight excluding hydrogens is 246 g/mol. The lowest BCUT2D eigenvalue weighted by Crippen LogP contribution is -2.53. The summed E-state index contributed by atoms with van der Waals surface area (Å²) in [5.74, 6) is -0.825. The first-order valence-corrected chi connectivity index (χ1v) is 7.02. The van der Waals surface area contributed by atoms with Crippen LogP contribution in [-0.4, -0.2) is 65.7 Å². The maximum absolute atomic E-state index is 12.0. The lowest BCUT2D eigenvalue weighted by atomic mass is 10.2. The van der Waals surface area contributed by atoms with Gasteiger partial charge in [0.1, 0.15) is 0 Å². The van der Waals surface area contributed by atoms with Gasteiger partial charge >= 0.3 is 12.0 Å². The molecule has 6 nitrogen and oxygen atoms in total. The Morgan fingerprint density at radius 1 is 1.26 bits per heavy atom. The van der Waals surface area contributed by atoms with E-state index >= 15 is 0 Å². The van der Waals surface area contributed by atoms with Crippen LogP contribution < -0.4 is 5.32 Å². The van der Waals surface area contributed by atoms with Crippen LogP contribution in [0.5, 0.6) is 0 Å². The minimum absolute atomic E-state index is 0.0750. The van der Waals surface area contributed by atoms with E-state index in [1.807, 2.05) is 11.8 Å². The van der Waals surface area contributed by atoms with E-state index in [-0.39, 0.29) is 18.5 Å². The van der Waals surface area contributed by atoms with Crippen molar-refractivity contribution in [3.05, 3.63) is 0 Å². The predicted octanol–water partition coefficient (Wildman–Crippen LogP) is 0.977. The molecule has 1 aliphatic rings. The Hall–Kier alpha value is -1.30. The second-order valence-electron chi connectivity index (χ2n) is 5.11. The summed E-state index contributed by atoms with van der Waals surface area (Å²) in [7, 11) is 0. The number of nitrogens with zero attached hydrogens (tertiary/aromatic N) is 2. The first-order chi connectivity index (χ1) is 9.02. The molecular formula is C13H25N3O3. The van der Waals surface area contributed by atoms with Crippen molar-refractivity contribution in [3.63, 3.8) is 0 Å². The number of rotatable bonds is 6. The summed E-state index contributed by atoms with van der Waals surface area (Å²) < 4.78 is 0. The monoisotopic (exact) mass is 271 g/mol. The number of urea groups is 1. The standard InChI is InChI=1S/C13H25N3O3/c1-3-6-15-7-9-16(10-8-15)13(19)14-11(2)4-5-12(17)18/h11H,3-10H2,1-2H3,(H,14,19)(H,17,18). The summed E-state index contributed by atoms with van der Waals surface area (Å²) in [5.41, 5.74) is 0. The molecule has 6 heteroatoms. The van der Waals surface area contributed by atoms with Crippen LogP contribution in [0.1, 0.15) is 33.1 Å². The summed E-state index contributed by atoms with van der Waals surface area (Å²) in [5, 5.41) is 11.5. The van der Waals surface area contributed by atoms with Crippen molar-refractivity contribution >= 4 is 12.0 Å². The maximum atomic E-state index is 12.0. The average Bonchev–Trinajstić information content (AvgIpc) is 2.37. The molecule has 1 atom stereocenters. The first kappa shape index (κ1) is 15.8. The number of carbonyl (C=O) groups excluding carboxylic acids is 1. The van der Waals surface area contributed by atoms with Gasteiger partial charge in [0.25, 0.3) is 0 Å². The highest BCUT2D eigenvalue weighted by Crippen LogP contribution is 2.04. The zero-order valence-electron chi connectivity index (χ0n) is 11.9. The van der Waals surface area contributed by atoms with Crippen molar-refractivity contribution < 1.29 is 14.7 Å². The zero-order valence-corrected chi connectivity index (χ0v) is 11.9. The van der Waals surface area contributed by atoms with Crippen LogP contribution in [0, 0.1) is 0 Å². The second-order valence-corrected chi connectivity index (χ2v) is 5.11. The lowest BCUT2D eigenvalue weighted by Gasteiger charge is -2.35. The number of piperazine rings is 1. The third-order valence-electron chi connectivity index (χ3n) is 3.36. The van der Waals surface area contributed by atoms with Crippen LogP contribution in [0.4, 0.5) is 4.79 Å². The molecule has 0 spiro atoms. The van der Waals surface area contributed by atoms with Crippen LogP contribution in [0.2, 0.25) is 0 Å². The van der Waals surface area contributed by atoms with Crippen molar-refractivity contribution in [1.82, 2.24) is 15.1 Å². The normalized spacial score (nSPS) is 18.1. The summed E-state index contributed by atoms with van der Waals surface area (Å²) in [6, 6.07) is -0.175. The SMILES string of the molecule is CCCN1CCN(C(=O)NC(C)CCC(=O)O)CC1. The Bertz CT molecular complexity index is 302. The quantitative estimate of drug-likeness (QED) is 0.755. The number of hydrogen-bond acceptors (Lipinski definition) is 3. The van der Waals surface area contributed by atoms with Crippen molar-refractivity contribution in [2.24, 2.45) is 0 Å². The van der Waals surface area contributed by atoms with E-state index in [9.17, 15) is 9.59 Å². The van der Waals surface area contributed by atoms with Crippen molar-refractivity contribution in [1.29, 1.82) is 0 Å². The molecule has 1 fully saturated rings. The number of amides is 2. The van der Waals surface area contributed by atoms with Gasteiger partial charge in [-0.05, 0) is 26.3 Å². The lowest BCUT2D eigenvalue weighted by molar-refractivity contribution is -0.137. The molecule has 1 aliphatic heterocycles. The van der Waals surface area contributed by atoms with E-state index < -0.39 is 5.97 Å². The van der Waals surface area contributed by atoms with Gasteiger partial charge in [-0.2, -0.15) is 0 Å². The van der Waals surface area contributed by atoms with Gasteiger partial charge < -0.3 is 15.3 Å². The highest BCUT2D eigenvalue weighted by Gasteiger charge is 2.21. The molecule has 0 saturated carbocycles. The first-order valence-electron chi connectivity index (χ1n) is 7.02. The topological polar surface area (TPSA) is 72.9 Å². The zero-order chi connectivity index (χ0) is 14.3. The molecule has 0 radical (unpaired) electrons. The third kappa shape index (κ3) is 5.92. The summed E-state index contributed by atoms with van der Waals surface area (Å²) >= 11 is 0. The van der Waals surface area contributed by atoms with E-state index in [0.29, 0.717) is 6.42 Å². The molecule has 19 heavy (non-hydrogen) atoms. The minimum atomic E-state index is -0.825. The van der Waals surface area contributed by atoms with E-state index in [2.05, 4.69) is 17.1 Å². The molecule has 1 heterocycles. The molecule has 0 aliphatic carbocycles. The van der Waals surface area contributed by atoms with Gasteiger partial charge in [0.05, 0.1) is 0 Å². The molecule has 1 unspecified atom stereocenters. The summed E-state index contributed by atoms with van der Waals surface area (Å²) in [6.45, 7) is 8.42. The smallest absolute Gasteiger partial charge is 0.317 e. The fourth-order valence-electron chi connectivity index (χ4n) is 2.21. The van der Waals surface area contributed by atoms with Gasteiger partial charge in [-0.1, -0.05) is 6.92 Å². The highest BCUT2D eigenvalue weighted by atomic mass is 16.4. The minimum Gasteiger partial charge on any atom is -0.481 e. The maximum Gasteiger partial charge on any atom is 0.317 e. The molecule has 0 aromatic heterocycles. The molecule has 2 N–H and O–H groups in total. The molecule has 110 valence electrons. The Morgan fingerprint density at radius 3 is 2.42 bits per heavy atom. The Balaban J connectivity index is 2.25. The summed E-state index contributed by atoms with van der Waals surface area (Å²) in [4.78, 5) is 26.6. The summed E-state index contributed by atoms with van der Waals surface area (Å²) in [6.07, 6.45) is 1.70. The van der Waals surface area contributed by atoms with E-state index in [1.54, 1.807) is 0 Å². The van der Waals surface area contributed by atoms with E-state index in [0.717, 1.165) is 39.1 Å². The van der Waals surface area contributed by atoms with Crippen molar-refractivity contribution in [3.8, 4) is 0 Å². The van der Waals surface area contributed by atoms with Crippen molar-refractivity contribution in [2.75, 3.05) is 32.7 Å². The van der Waals surface area contributed by atoms with Gasteiger partial charge in [-0.25, -0.2) is 4.79 Å². The van der Waals surface area contributed by atoms with Gasteiger partial charge in [-0.15, -0.1) is 0 Å². The van der Waals surface area contributed by atoms with E-state index in [4.69, 9.17) is 5.11 Å². The Labute approximate surface area is 114 Å². The van der Waals surface area contributed by atoms with Crippen LogP contribution >= 0.6 is 0 Å².